The molecule has 2 aromatic rings. The van der Waals surface area contributed by atoms with E-state index in [0.29, 0.717) is 16.3 Å². The molecule has 0 atom stereocenters. The van der Waals surface area contributed by atoms with E-state index in [-0.39, 0.29) is 11.3 Å². The van der Waals surface area contributed by atoms with Crippen molar-refractivity contribution in [3.8, 4) is 5.75 Å². The van der Waals surface area contributed by atoms with Crippen LogP contribution in [0.1, 0.15) is 15.9 Å². The van der Waals surface area contributed by atoms with Gasteiger partial charge in [-0.1, -0.05) is 12.1 Å². The Kier molecular flexibility index (Phi) is 5.23. The van der Waals surface area contributed by atoms with E-state index in [0.717, 1.165) is 5.56 Å². The van der Waals surface area contributed by atoms with Gasteiger partial charge in [0.1, 0.15) is 11.3 Å². The van der Waals surface area contributed by atoms with Gasteiger partial charge in [0.2, 0.25) is 0 Å². The highest BCUT2D eigenvalue weighted by molar-refractivity contribution is 7.98. The number of nitro groups is 1. The largest absolute Gasteiger partial charge is 0.495 e. The fourth-order valence-corrected chi connectivity index (χ4v) is 2.70. The predicted octanol–water partition coefficient (Wildman–Crippen LogP) is 3.89. The number of hydrogen-bond acceptors (Lipinski definition) is 5. The second-order valence-corrected chi connectivity index (χ2v) is 5.65. The van der Waals surface area contributed by atoms with Crippen LogP contribution in [0.15, 0.2) is 41.3 Å². The van der Waals surface area contributed by atoms with Gasteiger partial charge in [0.25, 0.3) is 11.6 Å². The zero-order chi connectivity index (χ0) is 17.0. The second kappa shape index (κ2) is 7.15. The van der Waals surface area contributed by atoms with Crippen LogP contribution in [-0.2, 0) is 0 Å². The Labute approximate surface area is 138 Å². The number of carbonyl (C=O) groups is 1. The molecule has 0 unspecified atom stereocenters. The van der Waals surface area contributed by atoms with Gasteiger partial charge in [0.15, 0.2) is 0 Å². The minimum atomic E-state index is -0.586. The normalized spacial score (nSPS) is 10.2. The molecule has 0 saturated heterocycles. The third kappa shape index (κ3) is 3.81. The maximum absolute atomic E-state index is 12.5. The van der Waals surface area contributed by atoms with Gasteiger partial charge in [-0.05, 0) is 36.9 Å². The quantitative estimate of drug-likeness (QED) is 0.510. The van der Waals surface area contributed by atoms with Crippen LogP contribution in [0.3, 0.4) is 0 Å². The molecule has 2 aromatic carbocycles. The van der Waals surface area contributed by atoms with E-state index in [4.69, 9.17) is 4.74 Å². The predicted molar refractivity (Wildman–Crippen MR) is 90.6 cm³/mol. The molecule has 0 aliphatic heterocycles. The van der Waals surface area contributed by atoms with E-state index >= 15 is 0 Å². The lowest BCUT2D eigenvalue weighted by atomic mass is 10.1. The lowest BCUT2D eigenvalue weighted by molar-refractivity contribution is -0.385. The topological polar surface area (TPSA) is 81.5 Å². The molecule has 0 aromatic heterocycles. The molecule has 0 saturated carbocycles. The molecule has 6 nitrogen and oxygen atoms in total. The maximum atomic E-state index is 12.5. The van der Waals surface area contributed by atoms with Crippen molar-refractivity contribution < 1.29 is 14.5 Å². The third-order valence-corrected chi connectivity index (χ3v) is 3.98. The molecule has 0 spiro atoms. The first-order chi connectivity index (χ1) is 11.0. The van der Waals surface area contributed by atoms with Gasteiger partial charge in [0, 0.05) is 5.69 Å². The summed E-state index contributed by atoms with van der Waals surface area (Å²) in [6.07, 6.45) is 1.81. The monoisotopic (exact) mass is 332 g/mol. The van der Waals surface area contributed by atoms with Crippen molar-refractivity contribution in [2.75, 3.05) is 18.7 Å². The van der Waals surface area contributed by atoms with Gasteiger partial charge < -0.3 is 10.1 Å². The van der Waals surface area contributed by atoms with Crippen molar-refractivity contribution in [3.05, 3.63) is 57.6 Å². The minimum absolute atomic E-state index is 0.00153. The second-order valence-electron chi connectivity index (χ2n) is 4.81. The third-order valence-electron chi connectivity index (χ3n) is 3.22. The Morgan fingerprint density at radius 3 is 2.61 bits per heavy atom. The summed E-state index contributed by atoms with van der Waals surface area (Å²) >= 11 is 1.35. The van der Waals surface area contributed by atoms with Crippen LogP contribution in [0.2, 0.25) is 0 Å². The zero-order valence-electron chi connectivity index (χ0n) is 13.0. The van der Waals surface area contributed by atoms with Crippen LogP contribution in [0.5, 0.6) is 5.75 Å². The number of nitro benzene ring substituents is 1. The summed E-state index contributed by atoms with van der Waals surface area (Å²) in [4.78, 5) is 23.8. The molecular formula is C16H16N2O4S. The van der Waals surface area contributed by atoms with Gasteiger partial charge in [0.05, 0.1) is 23.0 Å². The molecule has 2 rings (SSSR count). The lowest BCUT2D eigenvalue weighted by Crippen LogP contribution is -2.14. The van der Waals surface area contributed by atoms with Gasteiger partial charge in [-0.15, -0.1) is 11.8 Å². The molecule has 23 heavy (non-hydrogen) atoms. The molecule has 7 heteroatoms. The molecule has 0 aliphatic carbocycles. The number of ether oxygens (including phenoxy) is 1. The standard InChI is InChI=1S/C16H16N2O4S/c1-10-5-4-6-11(7-10)17-16(19)12-8-15(23-3)14(22-2)9-13(12)18(20)21/h4-9H,1-3H3,(H,17,19). The summed E-state index contributed by atoms with van der Waals surface area (Å²) in [7, 11) is 1.44. The molecular weight excluding hydrogens is 316 g/mol. The number of nitrogens with one attached hydrogen (secondary N) is 1. The average Bonchev–Trinajstić information content (AvgIpc) is 2.53. The molecule has 1 amide bonds. The number of hydrogen-bond donors (Lipinski definition) is 1. The Bertz CT molecular complexity index is 762. The summed E-state index contributed by atoms with van der Waals surface area (Å²) in [5, 5.41) is 14.0. The molecule has 0 aliphatic rings. The van der Waals surface area contributed by atoms with Crippen LogP contribution < -0.4 is 10.1 Å². The maximum Gasteiger partial charge on any atom is 0.285 e. The van der Waals surface area contributed by atoms with Crippen molar-refractivity contribution in [2.24, 2.45) is 0 Å². The van der Waals surface area contributed by atoms with Crippen molar-refractivity contribution in [1.29, 1.82) is 0 Å². The number of thioether (sulfide) groups is 1. The minimum Gasteiger partial charge on any atom is -0.495 e. The number of methoxy groups -OCH3 is 1. The van der Waals surface area contributed by atoms with E-state index in [1.165, 1.54) is 31.0 Å². The van der Waals surface area contributed by atoms with Crippen LogP contribution in [-0.4, -0.2) is 24.2 Å². The van der Waals surface area contributed by atoms with Crippen molar-refractivity contribution >= 4 is 29.0 Å². The average molecular weight is 332 g/mol. The molecule has 0 heterocycles. The molecule has 1 N–H and O–H groups in total. The van der Waals surface area contributed by atoms with Crippen LogP contribution >= 0.6 is 11.8 Å². The summed E-state index contributed by atoms with van der Waals surface area (Å²) in [6.45, 7) is 1.90. The van der Waals surface area contributed by atoms with Gasteiger partial charge in [-0.2, -0.15) is 0 Å². The molecule has 0 bridgehead atoms. The number of carbonyl (C=O) groups excluding carboxylic acids is 1. The van der Waals surface area contributed by atoms with Gasteiger partial charge in [-0.25, -0.2) is 0 Å². The molecule has 0 fully saturated rings. The number of amides is 1. The summed E-state index contributed by atoms with van der Waals surface area (Å²) in [5.41, 5.74) is 1.29. The first-order valence-corrected chi connectivity index (χ1v) is 7.97. The SMILES string of the molecule is COc1cc([N+](=O)[O-])c(C(=O)Nc2cccc(C)c2)cc1SC. The van der Waals surface area contributed by atoms with E-state index < -0.39 is 10.8 Å². The van der Waals surface area contributed by atoms with Crippen molar-refractivity contribution in [2.45, 2.75) is 11.8 Å². The molecule has 0 radical (unpaired) electrons. The lowest BCUT2D eigenvalue weighted by Gasteiger charge is -2.10. The smallest absolute Gasteiger partial charge is 0.285 e. The number of nitrogens with zero attached hydrogens (tertiary/aromatic N) is 1. The number of benzene rings is 2. The highest BCUT2D eigenvalue weighted by atomic mass is 32.2. The number of anilines is 1. The first-order valence-electron chi connectivity index (χ1n) is 6.74. The highest BCUT2D eigenvalue weighted by Crippen LogP contribution is 2.34. The first kappa shape index (κ1) is 16.8. The van der Waals surface area contributed by atoms with Gasteiger partial charge in [-0.3, -0.25) is 14.9 Å². The van der Waals surface area contributed by atoms with Crippen molar-refractivity contribution in [1.82, 2.24) is 0 Å². The van der Waals surface area contributed by atoms with E-state index in [9.17, 15) is 14.9 Å². The Balaban J connectivity index is 2.44. The fraction of sp³-hybridized carbons (Fsp3) is 0.188. The summed E-state index contributed by atoms with van der Waals surface area (Å²) < 4.78 is 5.14. The van der Waals surface area contributed by atoms with E-state index in [1.54, 1.807) is 18.2 Å². The van der Waals surface area contributed by atoms with Crippen molar-refractivity contribution in [3.63, 3.8) is 0 Å². The number of rotatable bonds is 5. The fourth-order valence-electron chi connectivity index (χ4n) is 2.12. The van der Waals surface area contributed by atoms with Crippen LogP contribution in [0.25, 0.3) is 0 Å². The summed E-state index contributed by atoms with van der Waals surface area (Å²) in [6, 6.07) is 9.99. The van der Waals surface area contributed by atoms with E-state index in [2.05, 4.69) is 5.32 Å². The van der Waals surface area contributed by atoms with Crippen LogP contribution in [0, 0.1) is 17.0 Å². The Hall–Kier alpha value is -2.54. The molecule has 120 valence electrons. The zero-order valence-corrected chi connectivity index (χ0v) is 13.8. The highest BCUT2D eigenvalue weighted by Gasteiger charge is 2.24. The van der Waals surface area contributed by atoms with E-state index in [1.807, 2.05) is 19.2 Å². The summed E-state index contributed by atoms with van der Waals surface area (Å²) in [5.74, 6) is -0.156. The number of aryl methyl sites for hydroxylation is 1. The Morgan fingerprint density at radius 1 is 1.30 bits per heavy atom. The van der Waals surface area contributed by atoms with Crippen LogP contribution in [0.4, 0.5) is 11.4 Å². The van der Waals surface area contributed by atoms with Gasteiger partial charge >= 0.3 is 0 Å². The Morgan fingerprint density at radius 2 is 2.04 bits per heavy atom.